The Hall–Kier alpha value is -4.06. The third-order valence-electron chi connectivity index (χ3n) is 10.5. The Morgan fingerprint density at radius 2 is 2.12 bits per heavy atom. The number of fused-ring (bicyclic) bond motifs is 2. The predicted molar refractivity (Wildman–Crippen MR) is 181 cm³/mol. The molecular formula is C34H33ClF3N7O3S. The van der Waals surface area contributed by atoms with Crippen LogP contribution in [-0.2, 0) is 4.79 Å². The van der Waals surface area contributed by atoms with Gasteiger partial charge in [-0.05, 0) is 50.3 Å². The number of nitriles is 1. The summed E-state index contributed by atoms with van der Waals surface area (Å²) in [6, 6.07) is 4.42. The number of hydrogen-bond acceptors (Lipinski definition) is 10. The fourth-order valence-corrected chi connectivity index (χ4v) is 9.69. The van der Waals surface area contributed by atoms with E-state index < -0.39 is 23.3 Å². The molecular weight excluding hydrogens is 679 g/mol. The summed E-state index contributed by atoms with van der Waals surface area (Å²) < 4.78 is 59.4. The van der Waals surface area contributed by atoms with Crippen molar-refractivity contribution in [3.63, 3.8) is 0 Å². The van der Waals surface area contributed by atoms with E-state index >= 15 is 4.39 Å². The summed E-state index contributed by atoms with van der Waals surface area (Å²) in [5.74, 6) is -0.995. The van der Waals surface area contributed by atoms with E-state index in [-0.39, 0.29) is 90.7 Å². The smallest absolute Gasteiger partial charge is 0.319 e. The van der Waals surface area contributed by atoms with Gasteiger partial charge < -0.3 is 25.4 Å². The Morgan fingerprint density at radius 1 is 1.29 bits per heavy atom. The molecule has 4 aliphatic rings. The number of aromatic nitrogens is 2. The number of rotatable bonds is 6. The molecule has 1 aliphatic carbocycles. The highest BCUT2D eigenvalue weighted by atomic mass is 35.5. The molecule has 49 heavy (non-hydrogen) atoms. The van der Waals surface area contributed by atoms with Gasteiger partial charge in [-0.15, -0.1) is 11.3 Å². The average molecular weight is 712 g/mol. The maximum atomic E-state index is 17.2. The number of alkyl halides is 1. The lowest BCUT2D eigenvalue weighted by Crippen LogP contribution is -2.43. The summed E-state index contributed by atoms with van der Waals surface area (Å²) in [6.45, 7) is 3.31. The Bertz CT molecular complexity index is 2070. The summed E-state index contributed by atoms with van der Waals surface area (Å²) in [5, 5.41) is 13.4. The number of amides is 1. The molecule has 0 bridgehead atoms. The molecule has 2 aromatic carbocycles. The first kappa shape index (κ1) is 32.2. The quantitative estimate of drug-likeness (QED) is 0.244. The molecule has 1 amide bonds. The van der Waals surface area contributed by atoms with Crippen LogP contribution in [0.2, 0.25) is 5.02 Å². The molecule has 0 spiro atoms. The van der Waals surface area contributed by atoms with Crippen LogP contribution in [0.3, 0.4) is 0 Å². The van der Waals surface area contributed by atoms with Crippen LogP contribution in [0.25, 0.3) is 32.1 Å². The number of nitrogen functional groups attached to an aromatic ring is 1. The fourth-order valence-electron chi connectivity index (χ4n) is 8.40. The number of benzene rings is 2. The fraction of sp³-hybridized carbons (Fsp3) is 0.471. The van der Waals surface area contributed by atoms with Gasteiger partial charge in [0, 0.05) is 42.9 Å². The van der Waals surface area contributed by atoms with E-state index in [1.165, 1.54) is 19.1 Å². The van der Waals surface area contributed by atoms with Gasteiger partial charge in [0.25, 0.3) is 0 Å². The Morgan fingerprint density at radius 3 is 2.92 bits per heavy atom. The van der Waals surface area contributed by atoms with E-state index in [1.54, 1.807) is 0 Å². The van der Waals surface area contributed by atoms with Crippen LogP contribution in [0.15, 0.2) is 12.1 Å². The summed E-state index contributed by atoms with van der Waals surface area (Å²) >= 11 is 7.94. The van der Waals surface area contributed by atoms with Crippen molar-refractivity contribution < 1.29 is 27.4 Å². The van der Waals surface area contributed by atoms with Gasteiger partial charge in [-0.1, -0.05) is 17.7 Å². The van der Waals surface area contributed by atoms with E-state index in [0.717, 1.165) is 43.6 Å². The number of nitrogens with zero attached hydrogens (tertiary/aromatic N) is 5. The highest BCUT2D eigenvalue weighted by Crippen LogP contribution is 2.51. The monoisotopic (exact) mass is 711 g/mol. The number of nitrogens with two attached hydrogens (primary N) is 1. The number of carbonyl (C=O) groups is 1. The van der Waals surface area contributed by atoms with Gasteiger partial charge in [0.2, 0.25) is 5.91 Å². The van der Waals surface area contributed by atoms with Crippen molar-refractivity contribution in [3.8, 4) is 29.0 Å². The Kier molecular flexibility index (Phi) is 7.92. The van der Waals surface area contributed by atoms with Gasteiger partial charge in [0.05, 0.1) is 32.8 Å². The van der Waals surface area contributed by atoms with Crippen molar-refractivity contribution in [2.75, 3.05) is 43.5 Å². The summed E-state index contributed by atoms with van der Waals surface area (Å²) in [4.78, 5) is 25.4. The second-order valence-corrected chi connectivity index (χ2v) is 14.8. The number of carbonyl (C=O) groups excluding carboxylic acids is 1. The lowest BCUT2D eigenvalue weighted by Gasteiger charge is -2.32. The van der Waals surface area contributed by atoms with Gasteiger partial charge in [0.1, 0.15) is 47.6 Å². The van der Waals surface area contributed by atoms with Crippen LogP contribution in [0.4, 0.5) is 24.0 Å². The largest absolute Gasteiger partial charge is 0.489 e. The molecule has 256 valence electrons. The number of nitrogens with one attached hydrogen (secondary N) is 1. The zero-order valence-electron chi connectivity index (χ0n) is 26.6. The first-order valence-electron chi connectivity index (χ1n) is 16.4. The van der Waals surface area contributed by atoms with E-state index in [2.05, 4.69) is 15.2 Å². The molecule has 3 N–H and O–H groups in total. The van der Waals surface area contributed by atoms with Gasteiger partial charge in [-0.25, -0.2) is 13.2 Å². The molecule has 2 saturated heterocycles. The van der Waals surface area contributed by atoms with Crippen molar-refractivity contribution in [1.29, 1.82) is 5.26 Å². The molecule has 2 unspecified atom stereocenters. The van der Waals surface area contributed by atoms with Crippen LogP contribution < -0.4 is 25.4 Å². The minimum atomic E-state index is -0.959. The molecule has 4 aromatic rings. The second kappa shape index (κ2) is 12.1. The number of thiophene rings is 1. The summed E-state index contributed by atoms with van der Waals surface area (Å²) in [6.07, 6.45) is 3.22. The molecule has 3 aliphatic heterocycles. The van der Waals surface area contributed by atoms with E-state index in [4.69, 9.17) is 31.8 Å². The van der Waals surface area contributed by atoms with Crippen LogP contribution in [0, 0.1) is 23.0 Å². The standard InChI is InChI=1S/C34H33ClF3N7O3S/c1-16(46)41-18-3-4-19(11-18)45-9-10-47-29-25-28(42-33(43-32(25)45)48-15-34-7-2-8-44(34)14-17(36)12-34)27(38)24(26(29)35)20-5-6-22(37)30-23(20)21(13-39)31(40)49-30/h5-6,17-19H,2-4,7-12,14-15,40H2,1H3,(H,41,46)/t17-,18?,19?,34+/m1/s1. The summed E-state index contributed by atoms with van der Waals surface area (Å²) in [5.41, 5.74) is 5.56. The molecule has 5 heterocycles. The zero-order valence-corrected chi connectivity index (χ0v) is 28.2. The average Bonchev–Trinajstić information content (AvgIpc) is 3.80. The normalized spacial score (nSPS) is 25.0. The van der Waals surface area contributed by atoms with Gasteiger partial charge in [0.15, 0.2) is 11.6 Å². The first-order chi connectivity index (χ1) is 23.6. The highest BCUT2D eigenvalue weighted by Gasteiger charge is 2.49. The van der Waals surface area contributed by atoms with Crippen LogP contribution >= 0.6 is 22.9 Å². The lowest BCUT2D eigenvalue weighted by molar-refractivity contribution is -0.119. The number of hydrogen-bond donors (Lipinski definition) is 2. The molecule has 4 atom stereocenters. The highest BCUT2D eigenvalue weighted by molar-refractivity contribution is 7.23. The number of ether oxygens (including phenoxy) is 2. The van der Waals surface area contributed by atoms with Crippen molar-refractivity contribution in [1.82, 2.24) is 20.2 Å². The lowest BCUT2D eigenvalue weighted by atomic mass is 9.95. The van der Waals surface area contributed by atoms with E-state index in [1.807, 2.05) is 11.0 Å². The van der Waals surface area contributed by atoms with Crippen molar-refractivity contribution >= 4 is 60.7 Å². The number of anilines is 2. The van der Waals surface area contributed by atoms with Crippen molar-refractivity contribution in [3.05, 3.63) is 34.4 Å². The van der Waals surface area contributed by atoms with Crippen LogP contribution in [0.5, 0.6) is 11.8 Å². The topological polar surface area (TPSA) is 130 Å². The van der Waals surface area contributed by atoms with Crippen molar-refractivity contribution in [2.45, 2.75) is 69.2 Å². The molecule has 3 fully saturated rings. The van der Waals surface area contributed by atoms with Crippen molar-refractivity contribution in [2.24, 2.45) is 0 Å². The first-order valence-corrected chi connectivity index (χ1v) is 17.6. The molecule has 10 nitrogen and oxygen atoms in total. The molecule has 8 rings (SSSR count). The third kappa shape index (κ3) is 5.20. The van der Waals surface area contributed by atoms with Crippen LogP contribution in [0.1, 0.15) is 51.0 Å². The third-order valence-corrected chi connectivity index (χ3v) is 11.9. The maximum Gasteiger partial charge on any atom is 0.319 e. The molecule has 15 heteroatoms. The predicted octanol–water partition coefficient (Wildman–Crippen LogP) is 6.11. The summed E-state index contributed by atoms with van der Waals surface area (Å²) in [7, 11) is 0. The Balaban J connectivity index is 1.31. The van der Waals surface area contributed by atoms with Gasteiger partial charge in [-0.2, -0.15) is 15.2 Å². The minimum Gasteiger partial charge on any atom is -0.489 e. The molecule has 0 radical (unpaired) electrons. The second-order valence-electron chi connectivity index (χ2n) is 13.4. The van der Waals surface area contributed by atoms with Gasteiger partial charge >= 0.3 is 6.01 Å². The van der Waals surface area contributed by atoms with E-state index in [0.29, 0.717) is 31.7 Å². The Labute approximate surface area is 288 Å². The van der Waals surface area contributed by atoms with E-state index in [9.17, 15) is 18.8 Å². The molecule has 1 saturated carbocycles. The molecule has 2 aromatic heterocycles. The van der Waals surface area contributed by atoms with Crippen LogP contribution in [-0.4, -0.2) is 77.4 Å². The SMILES string of the molecule is CC(=O)NC1CCC(N2CCOc3c(Cl)c(-c4ccc(F)c5sc(N)c(C#N)c45)c(F)c4nc(OC[C@@]56CCCN5C[C@H](F)C6)nc2c34)C1. The minimum absolute atomic E-state index is 0.0217. The maximum absolute atomic E-state index is 17.2. The van der Waals surface area contributed by atoms with Gasteiger partial charge in [-0.3, -0.25) is 9.69 Å². The number of halogens is 4. The zero-order chi connectivity index (χ0) is 34.2.